The summed E-state index contributed by atoms with van der Waals surface area (Å²) < 4.78 is 0. The first-order valence-corrected chi connectivity index (χ1v) is 9.33. The van der Waals surface area contributed by atoms with Crippen molar-refractivity contribution in [3.8, 4) is 0 Å². The van der Waals surface area contributed by atoms with Crippen molar-refractivity contribution in [2.24, 2.45) is 0 Å². The monoisotopic (exact) mass is 346 g/mol. The van der Waals surface area contributed by atoms with Crippen LogP contribution in [0.4, 0.5) is 4.79 Å². The third-order valence-electron chi connectivity index (χ3n) is 4.84. The largest absolute Gasteiger partial charge is 0.465 e. The van der Waals surface area contributed by atoms with E-state index >= 15 is 0 Å². The molecule has 2 N–H and O–H groups in total. The number of carbonyl (C=O) groups is 1. The van der Waals surface area contributed by atoms with E-state index in [1.165, 1.54) is 16.7 Å². The lowest BCUT2D eigenvalue weighted by Crippen LogP contribution is -2.48. The molecule has 4 nitrogen and oxygen atoms in total. The third kappa shape index (κ3) is 4.75. The van der Waals surface area contributed by atoms with E-state index in [1.807, 2.05) is 20.8 Å². The van der Waals surface area contributed by atoms with Crippen molar-refractivity contribution in [3.63, 3.8) is 0 Å². The number of amides is 1. The van der Waals surface area contributed by atoms with Gasteiger partial charge in [-0.2, -0.15) is 0 Å². The van der Waals surface area contributed by atoms with Gasteiger partial charge in [-0.25, -0.2) is 4.79 Å². The maximum Gasteiger partial charge on any atom is 0.408 e. The van der Waals surface area contributed by atoms with Crippen molar-refractivity contribution >= 4 is 6.09 Å². The lowest BCUT2D eigenvalue weighted by Gasteiger charge is -2.42. The van der Waals surface area contributed by atoms with E-state index in [1.54, 1.807) is 4.90 Å². The molecule has 0 spiro atoms. The summed E-state index contributed by atoms with van der Waals surface area (Å²) in [6.45, 7) is 14.6. The fraction of sp³-hybridized carbons (Fsp3) is 0.667. The molecule has 1 amide bonds. The standard InChI is InChI=1S/C21H34N2O2/c1-14(22-20(2,3)4)15-11-12-17-16(13-15)9-8-10-18(17)23(19(24)25)21(5,6)7/h11-14,18,22H,8-10H2,1-7H3,(H,24,25). The fourth-order valence-electron chi connectivity index (χ4n) is 3.97. The van der Waals surface area contributed by atoms with Gasteiger partial charge in [0.15, 0.2) is 0 Å². The molecule has 0 aliphatic heterocycles. The molecule has 1 aromatic carbocycles. The van der Waals surface area contributed by atoms with Crippen LogP contribution in [0.15, 0.2) is 18.2 Å². The van der Waals surface area contributed by atoms with Crippen LogP contribution in [0.25, 0.3) is 0 Å². The summed E-state index contributed by atoms with van der Waals surface area (Å²) in [6, 6.07) is 6.79. The van der Waals surface area contributed by atoms with E-state index in [-0.39, 0.29) is 17.6 Å². The van der Waals surface area contributed by atoms with E-state index in [9.17, 15) is 9.90 Å². The van der Waals surface area contributed by atoms with E-state index in [4.69, 9.17) is 0 Å². The van der Waals surface area contributed by atoms with Crippen LogP contribution in [0.3, 0.4) is 0 Å². The Bertz CT molecular complexity index is 626. The maximum absolute atomic E-state index is 11.9. The first kappa shape index (κ1) is 19.8. The van der Waals surface area contributed by atoms with Crippen molar-refractivity contribution in [3.05, 3.63) is 34.9 Å². The highest BCUT2D eigenvalue weighted by atomic mass is 16.4. The third-order valence-corrected chi connectivity index (χ3v) is 4.84. The molecule has 0 saturated heterocycles. The molecule has 0 bridgehead atoms. The predicted octanol–water partition coefficient (Wildman–Crippen LogP) is 5.29. The minimum Gasteiger partial charge on any atom is -0.465 e. The second-order valence-corrected chi connectivity index (χ2v) is 9.31. The number of nitrogens with one attached hydrogen (secondary N) is 1. The minimum absolute atomic E-state index is 0.0545. The lowest BCUT2D eigenvalue weighted by atomic mass is 9.83. The SMILES string of the molecule is CC(NC(C)(C)C)c1ccc2c(c1)CCCC2N(C(=O)O)C(C)(C)C. The first-order chi connectivity index (χ1) is 11.4. The van der Waals surface area contributed by atoms with Crippen molar-refractivity contribution in [2.45, 2.75) is 90.9 Å². The zero-order chi connectivity index (χ0) is 19.0. The molecule has 140 valence electrons. The van der Waals surface area contributed by atoms with E-state index in [0.717, 1.165) is 19.3 Å². The van der Waals surface area contributed by atoms with Gasteiger partial charge in [-0.3, -0.25) is 4.90 Å². The lowest BCUT2D eigenvalue weighted by molar-refractivity contribution is 0.0637. The second kappa shape index (κ2) is 6.99. The van der Waals surface area contributed by atoms with Crippen LogP contribution >= 0.6 is 0 Å². The highest BCUT2D eigenvalue weighted by Gasteiger charge is 2.36. The highest BCUT2D eigenvalue weighted by Crippen LogP contribution is 2.39. The van der Waals surface area contributed by atoms with Crippen molar-refractivity contribution in [1.29, 1.82) is 0 Å². The molecular formula is C21H34N2O2. The van der Waals surface area contributed by atoms with Gasteiger partial charge < -0.3 is 10.4 Å². The molecule has 2 unspecified atom stereocenters. The number of hydrogen-bond donors (Lipinski definition) is 2. The van der Waals surface area contributed by atoms with Crippen LogP contribution in [-0.4, -0.2) is 27.2 Å². The molecule has 0 aromatic heterocycles. The smallest absolute Gasteiger partial charge is 0.408 e. The van der Waals surface area contributed by atoms with Crippen LogP contribution in [0.2, 0.25) is 0 Å². The predicted molar refractivity (Wildman–Crippen MR) is 103 cm³/mol. The molecule has 0 radical (unpaired) electrons. The number of aryl methyl sites for hydroxylation is 1. The average Bonchev–Trinajstić information content (AvgIpc) is 2.43. The Hall–Kier alpha value is -1.55. The molecule has 0 heterocycles. The van der Waals surface area contributed by atoms with Gasteiger partial charge in [0, 0.05) is 17.1 Å². The Morgan fingerprint density at radius 2 is 1.88 bits per heavy atom. The van der Waals surface area contributed by atoms with Crippen LogP contribution in [0.5, 0.6) is 0 Å². The average molecular weight is 347 g/mol. The zero-order valence-corrected chi connectivity index (χ0v) is 16.8. The van der Waals surface area contributed by atoms with Gasteiger partial charge in [0.1, 0.15) is 0 Å². The van der Waals surface area contributed by atoms with Crippen molar-refractivity contribution in [1.82, 2.24) is 10.2 Å². The molecule has 0 saturated carbocycles. The number of hydrogen-bond acceptors (Lipinski definition) is 2. The molecule has 1 aliphatic rings. The Morgan fingerprint density at radius 3 is 2.40 bits per heavy atom. The quantitative estimate of drug-likeness (QED) is 0.781. The molecule has 4 heteroatoms. The topological polar surface area (TPSA) is 52.6 Å². The van der Waals surface area contributed by atoms with Crippen LogP contribution in [-0.2, 0) is 6.42 Å². The molecule has 2 rings (SSSR count). The summed E-state index contributed by atoms with van der Waals surface area (Å²) in [5.41, 5.74) is 3.39. The van der Waals surface area contributed by atoms with Crippen molar-refractivity contribution in [2.75, 3.05) is 0 Å². The summed E-state index contributed by atoms with van der Waals surface area (Å²) >= 11 is 0. The number of fused-ring (bicyclic) bond motifs is 1. The molecule has 0 fully saturated rings. The molecular weight excluding hydrogens is 312 g/mol. The number of rotatable bonds is 3. The van der Waals surface area contributed by atoms with Crippen LogP contribution in [0, 0.1) is 0 Å². The van der Waals surface area contributed by atoms with E-state index < -0.39 is 11.6 Å². The Morgan fingerprint density at radius 1 is 1.24 bits per heavy atom. The summed E-state index contributed by atoms with van der Waals surface area (Å²) in [6.07, 6.45) is 2.12. The fourth-order valence-corrected chi connectivity index (χ4v) is 3.97. The van der Waals surface area contributed by atoms with Crippen LogP contribution in [0.1, 0.15) is 90.1 Å². The number of nitrogens with zero attached hydrogens (tertiary/aromatic N) is 1. The summed E-state index contributed by atoms with van der Waals surface area (Å²) in [5, 5.41) is 13.4. The minimum atomic E-state index is -0.836. The van der Waals surface area contributed by atoms with E-state index in [2.05, 4.69) is 51.2 Å². The van der Waals surface area contributed by atoms with Crippen molar-refractivity contribution < 1.29 is 9.90 Å². The van der Waals surface area contributed by atoms with Gasteiger partial charge in [0.2, 0.25) is 0 Å². The summed E-state index contributed by atoms with van der Waals surface area (Å²) in [5.74, 6) is 0. The molecule has 2 atom stereocenters. The Labute approximate surface area is 152 Å². The zero-order valence-electron chi connectivity index (χ0n) is 16.8. The molecule has 1 aliphatic carbocycles. The van der Waals surface area contributed by atoms with Gasteiger partial charge in [0.25, 0.3) is 0 Å². The first-order valence-electron chi connectivity index (χ1n) is 9.33. The van der Waals surface area contributed by atoms with Gasteiger partial charge in [-0.05, 0) is 84.4 Å². The molecule has 1 aromatic rings. The summed E-state index contributed by atoms with van der Waals surface area (Å²) in [4.78, 5) is 13.5. The normalized spacial score (nSPS) is 19.2. The highest BCUT2D eigenvalue weighted by molar-refractivity contribution is 5.67. The Kier molecular flexibility index (Phi) is 5.53. The molecule has 25 heavy (non-hydrogen) atoms. The number of benzene rings is 1. The second-order valence-electron chi connectivity index (χ2n) is 9.31. The van der Waals surface area contributed by atoms with Gasteiger partial charge in [-0.15, -0.1) is 0 Å². The maximum atomic E-state index is 11.9. The summed E-state index contributed by atoms with van der Waals surface area (Å²) in [7, 11) is 0. The van der Waals surface area contributed by atoms with Gasteiger partial charge >= 0.3 is 6.09 Å². The van der Waals surface area contributed by atoms with Crippen LogP contribution < -0.4 is 5.32 Å². The van der Waals surface area contributed by atoms with E-state index in [0.29, 0.717) is 0 Å². The van der Waals surface area contributed by atoms with Gasteiger partial charge in [0.05, 0.1) is 6.04 Å². The number of carboxylic acid groups (broad SMARTS) is 1. The van der Waals surface area contributed by atoms with Gasteiger partial charge in [-0.1, -0.05) is 18.2 Å². The Balaban J connectivity index is 2.35.